The summed E-state index contributed by atoms with van der Waals surface area (Å²) in [5.41, 5.74) is 5.69. The van der Waals surface area contributed by atoms with Crippen LogP contribution in [-0.4, -0.2) is 18.5 Å². The lowest BCUT2D eigenvalue weighted by molar-refractivity contribution is -0.122. The largest absolute Gasteiger partial charge is 0.355 e. The Balaban J connectivity index is 3.57. The molecule has 0 aromatic heterocycles. The Kier molecular flexibility index (Phi) is 6.59. The summed E-state index contributed by atoms with van der Waals surface area (Å²) in [6, 6.07) is -0.336. The number of carbonyl (C=O) groups is 1. The molecule has 0 aromatic carbocycles. The van der Waals surface area contributed by atoms with Crippen molar-refractivity contribution in [3.8, 4) is 0 Å². The van der Waals surface area contributed by atoms with Gasteiger partial charge in [0, 0.05) is 6.54 Å². The van der Waals surface area contributed by atoms with Crippen LogP contribution in [0.5, 0.6) is 0 Å². The van der Waals surface area contributed by atoms with Crippen LogP contribution in [0.25, 0.3) is 0 Å². The predicted molar refractivity (Wildman–Crippen MR) is 55.3 cm³/mol. The molecule has 78 valence electrons. The normalized spacial score (nSPS) is 13.0. The molecule has 3 heteroatoms. The molecule has 0 rings (SSSR count). The molecule has 0 spiro atoms. The van der Waals surface area contributed by atoms with E-state index in [4.69, 9.17) is 5.73 Å². The molecule has 3 nitrogen and oxygen atoms in total. The Morgan fingerprint density at radius 3 is 2.54 bits per heavy atom. The van der Waals surface area contributed by atoms with E-state index in [1.54, 1.807) is 0 Å². The molecule has 0 radical (unpaired) electrons. The van der Waals surface area contributed by atoms with Gasteiger partial charge in [-0.05, 0) is 18.8 Å². The van der Waals surface area contributed by atoms with Gasteiger partial charge in [-0.25, -0.2) is 0 Å². The maximum Gasteiger partial charge on any atom is 0.236 e. The summed E-state index contributed by atoms with van der Waals surface area (Å²) in [6.45, 7) is 6.99. The lowest BCUT2D eigenvalue weighted by atomic mass is 10.0. The molecular formula is C10H22N2O. The Hall–Kier alpha value is -0.570. The van der Waals surface area contributed by atoms with Crippen molar-refractivity contribution in [1.29, 1.82) is 0 Å². The number of unbranched alkanes of at least 4 members (excludes halogenated alkanes) is 1. The van der Waals surface area contributed by atoms with Crippen molar-refractivity contribution in [3.05, 3.63) is 0 Å². The summed E-state index contributed by atoms with van der Waals surface area (Å²) in [4.78, 5) is 11.3. The van der Waals surface area contributed by atoms with Gasteiger partial charge in [0.25, 0.3) is 0 Å². The van der Waals surface area contributed by atoms with Crippen LogP contribution in [-0.2, 0) is 4.79 Å². The molecule has 0 aromatic rings. The molecule has 0 fully saturated rings. The lowest BCUT2D eigenvalue weighted by Crippen LogP contribution is -2.41. The van der Waals surface area contributed by atoms with E-state index in [1.165, 1.54) is 0 Å². The molecule has 3 N–H and O–H groups in total. The Bertz CT molecular complexity index is 146. The Labute approximate surface area is 81.1 Å². The van der Waals surface area contributed by atoms with E-state index in [9.17, 15) is 4.79 Å². The fourth-order valence-corrected chi connectivity index (χ4v) is 1.13. The number of amides is 1. The molecule has 1 amide bonds. The first-order chi connectivity index (χ1) is 6.07. The van der Waals surface area contributed by atoms with Gasteiger partial charge in [0.05, 0.1) is 6.04 Å². The third-order valence-electron chi connectivity index (χ3n) is 1.89. The average Bonchev–Trinajstić information content (AvgIpc) is 2.03. The standard InChI is InChI=1S/C10H22N2O/c1-4-5-6-12-10(13)9(11)7-8(2)3/h8-9H,4-7,11H2,1-3H3,(H,12,13)/t9-/m0/s1. The van der Waals surface area contributed by atoms with E-state index in [2.05, 4.69) is 26.1 Å². The van der Waals surface area contributed by atoms with Crippen molar-refractivity contribution in [1.82, 2.24) is 5.32 Å². The highest BCUT2D eigenvalue weighted by Crippen LogP contribution is 2.02. The number of rotatable bonds is 6. The molecule has 0 aliphatic carbocycles. The summed E-state index contributed by atoms with van der Waals surface area (Å²) >= 11 is 0. The molecule has 0 heterocycles. The van der Waals surface area contributed by atoms with Gasteiger partial charge in [0.1, 0.15) is 0 Å². The van der Waals surface area contributed by atoms with E-state index in [-0.39, 0.29) is 11.9 Å². The number of nitrogens with one attached hydrogen (secondary N) is 1. The van der Waals surface area contributed by atoms with Crippen molar-refractivity contribution in [3.63, 3.8) is 0 Å². The first kappa shape index (κ1) is 12.4. The third-order valence-corrected chi connectivity index (χ3v) is 1.89. The minimum Gasteiger partial charge on any atom is -0.355 e. The fourth-order valence-electron chi connectivity index (χ4n) is 1.13. The zero-order valence-corrected chi connectivity index (χ0v) is 8.97. The first-order valence-electron chi connectivity index (χ1n) is 5.11. The van der Waals surface area contributed by atoms with Gasteiger partial charge in [-0.15, -0.1) is 0 Å². The SMILES string of the molecule is CCCCNC(=O)[C@@H](N)CC(C)C. The number of carbonyl (C=O) groups excluding carboxylic acids is 1. The highest BCUT2D eigenvalue weighted by atomic mass is 16.2. The van der Waals surface area contributed by atoms with Crippen molar-refractivity contribution in [2.75, 3.05) is 6.54 Å². The monoisotopic (exact) mass is 186 g/mol. The van der Waals surface area contributed by atoms with Gasteiger partial charge in [0.2, 0.25) is 5.91 Å². The first-order valence-corrected chi connectivity index (χ1v) is 5.11. The van der Waals surface area contributed by atoms with Gasteiger partial charge < -0.3 is 11.1 Å². The minimum atomic E-state index is -0.336. The topological polar surface area (TPSA) is 55.1 Å². The van der Waals surface area contributed by atoms with E-state index in [0.29, 0.717) is 5.92 Å². The van der Waals surface area contributed by atoms with Crippen LogP contribution in [0.1, 0.15) is 40.0 Å². The fraction of sp³-hybridized carbons (Fsp3) is 0.900. The number of hydrogen-bond donors (Lipinski definition) is 2. The smallest absolute Gasteiger partial charge is 0.236 e. The van der Waals surface area contributed by atoms with E-state index < -0.39 is 0 Å². The van der Waals surface area contributed by atoms with E-state index >= 15 is 0 Å². The van der Waals surface area contributed by atoms with E-state index in [1.807, 2.05) is 0 Å². The van der Waals surface area contributed by atoms with Crippen molar-refractivity contribution >= 4 is 5.91 Å². The van der Waals surface area contributed by atoms with Crippen molar-refractivity contribution < 1.29 is 4.79 Å². The molecule has 0 saturated heterocycles. The minimum absolute atomic E-state index is 0.0119. The summed E-state index contributed by atoms with van der Waals surface area (Å²) in [5.74, 6) is 0.467. The third kappa shape index (κ3) is 6.58. The second-order valence-corrected chi connectivity index (χ2v) is 3.88. The van der Waals surface area contributed by atoms with Crippen molar-refractivity contribution in [2.45, 2.75) is 46.1 Å². The highest BCUT2D eigenvalue weighted by Gasteiger charge is 2.13. The van der Waals surface area contributed by atoms with Crippen LogP contribution in [0.2, 0.25) is 0 Å². The molecule has 0 aliphatic heterocycles. The number of hydrogen-bond acceptors (Lipinski definition) is 2. The van der Waals surface area contributed by atoms with Crippen LogP contribution in [0.3, 0.4) is 0 Å². The second-order valence-electron chi connectivity index (χ2n) is 3.88. The summed E-state index contributed by atoms with van der Waals surface area (Å²) in [5, 5.41) is 2.82. The maximum absolute atomic E-state index is 11.3. The zero-order valence-electron chi connectivity index (χ0n) is 8.97. The van der Waals surface area contributed by atoms with Gasteiger partial charge in [0.15, 0.2) is 0 Å². The predicted octanol–water partition coefficient (Wildman–Crippen LogP) is 1.28. The molecule has 1 atom stereocenters. The highest BCUT2D eigenvalue weighted by molar-refractivity contribution is 5.81. The summed E-state index contributed by atoms with van der Waals surface area (Å²) in [7, 11) is 0. The Morgan fingerprint density at radius 2 is 2.08 bits per heavy atom. The summed E-state index contributed by atoms with van der Waals surface area (Å²) < 4.78 is 0. The quantitative estimate of drug-likeness (QED) is 0.614. The van der Waals surface area contributed by atoms with Gasteiger partial charge in [-0.1, -0.05) is 27.2 Å². The second kappa shape index (κ2) is 6.89. The van der Waals surface area contributed by atoms with Gasteiger partial charge >= 0.3 is 0 Å². The van der Waals surface area contributed by atoms with Crippen LogP contribution >= 0.6 is 0 Å². The van der Waals surface area contributed by atoms with E-state index in [0.717, 1.165) is 25.8 Å². The molecule has 0 unspecified atom stereocenters. The van der Waals surface area contributed by atoms with Gasteiger partial charge in [-0.2, -0.15) is 0 Å². The maximum atomic E-state index is 11.3. The van der Waals surface area contributed by atoms with Crippen LogP contribution < -0.4 is 11.1 Å². The molecule has 0 saturated carbocycles. The van der Waals surface area contributed by atoms with Gasteiger partial charge in [-0.3, -0.25) is 4.79 Å². The molecule has 0 aliphatic rings. The zero-order chi connectivity index (χ0) is 10.3. The molecule has 0 bridgehead atoms. The van der Waals surface area contributed by atoms with Crippen LogP contribution in [0, 0.1) is 5.92 Å². The van der Waals surface area contributed by atoms with Crippen LogP contribution in [0.15, 0.2) is 0 Å². The molecular weight excluding hydrogens is 164 g/mol. The van der Waals surface area contributed by atoms with Crippen molar-refractivity contribution in [2.24, 2.45) is 11.7 Å². The summed E-state index contributed by atoms with van der Waals surface area (Å²) in [6.07, 6.45) is 2.89. The Morgan fingerprint density at radius 1 is 1.46 bits per heavy atom. The average molecular weight is 186 g/mol. The molecule has 13 heavy (non-hydrogen) atoms. The lowest BCUT2D eigenvalue weighted by Gasteiger charge is -2.13. The number of nitrogens with two attached hydrogens (primary N) is 1. The van der Waals surface area contributed by atoms with Crippen LogP contribution in [0.4, 0.5) is 0 Å².